The van der Waals surface area contributed by atoms with Gasteiger partial charge >= 0.3 is 0 Å². The minimum absolute atomic E-state index is 0. The van der Waals surface area contributed by atoms with Gasteiger partial charge in [-0.25, -0.2) is 0 Å². The minimum atomic E-state index is 0. The fourth-order valence-corrected chi connectivity index (χ4v) is 3.09. The molecular formula is C23H20O2. The SMILES string of the molecule is C.Oc1ccc(-c2ccc3ccccc3c2-c2ccc(O)cc2)cc1. The third-order valence-corrected chi connectivity index (χ3v) is 4.26. The van der Waals surface area contributed by atoms with Crippen molar-refractivity contribution in [1.82, 2.24) is 0 Å². The molecule has 0 saturated heterocycles. The number of rotatable bonds is 2. The molecule has 0 atom stereocenters. The van der Waals surface area contributed by atoms with Gasteiger partial charge in [0.2, 0.25) is 0 Å². The van der Waals surface area contributed by atoms with Gasteiger partial charge in [0, 0.05) is 0 Å². The fraction of sp³-hybridized carbons (Fsp3) is 0.0435. The van der Waals surface area contributed by atoms with E-state index in [4.69, 9.17) is 0 Å². The molecule has 0 saturated carbocycles. The quantitative estimate of drug-likeness (QED) is 0.458. The lowest BCUT2D eigenvalue weighted by molar-refractivity contribution is 0.475. The summed E-state index contributed by atoms with van der Waals surface area (Å²) in [5.41, 5.74) is 4.31. The molecule has 124 valence electrons. The Balaban J connectivity index is 0.00000182. The Morgan fingerprint density at radius 1 is 0.520 bits per heavy atom. The first-order valence-corrected chi connectivity index (χ1v) is 7.83. The molecule has 0 aliphatic carbocycles. The molecular weight excluding hydrogens is 308 g/mol. The van der Waals surface area contributed by atoms with E-state index in [1.807, 2.05) is 36.4 Å². The second-order valence-electron chi connectivity index (χ2n) is 5.80. The van der Waals surface area contributed by atoms with Crippen molar-refractivity contribution < 1.29 is 10.2 Å². The first-order valence-electron chi connectivity index (χ1n) is 7.83. The zero-order chi connectivity index (χ0) is 16.5. The fourth-order valence-electron chi connectivity index (χ4n) is 3.09. The summed E-state index contributed by atoms with van der Waals surface area (Å²) >= 11 is 0. The zero-order valence-corrected chi connectivity index (χ0v) is 13.0. The van der Waals surface area contributed by atoms with Crippen LogP contribution in [0.25, 0.3) is 33.0 Å². The summed E-state index contributed by atoms with van der Waals surface area (Å²) in [5, 5.41) is 21.5. The van der Waals surface area contributed by atoms with Crippen molar-refractivity contribution >= 4 is 10.8 Å². The van der Waals surface area contributed by atoms with E-state index in [0.29, 0.717) is 0 Å². The molecule has 0 spiro atoms. The largest absolute Gasteiger partial charge is 0.508 e. The monoisotopic (exact) mass is 328 g/mol. The molecule has 0 fully saturated rings. The molecule has 0 unspecified atom stereocenters. The van der Waals surface area contributed by atoms with Gasteiger partial charge in [-0.15, -0.1) is 0 Å². The number of hydrogen-bond donors (Lipinski definition) is 2. The van der Waals surface area contributed by atoms with E-state index < -0.39 is 0 Å². The van der Waals surface area contributed by atoms with Gasteiger partial charge in [-0.1, -0.05) is 68.1 Å². The van der Waals surface area contributed by atoms with Crippen LogP contribution < -0.4 is 0 Å². The topological polar surface area (TPSA) is 40.5 Å². The van der Waals surface area contributed by atoms with Gasteiger partial charge in [0.25, 0.3) is 0 Å². The van der Waals surface area contributed by atoms with Crippen LogP contribution in [0, 0.1) is 0 Å². The summed E-state index contributed by atoms with van der Waals surface area (Å²) in [6.07, 6.45) is 0. The van der Waals surface area contributed by atoms with Gasteiger partial charge in [0.05, 0.1) is 0 Å². The third-order valence-electron chi connectivity index (χ3n) is 4.26. The highest BCUT2D eigenvalue weighted by Gasteiger charge is 2.12. The normalized spacial score (nSPS) is 10.4. The molecule has 2 nitrogen and oxygen atoms in total. The molecule has 4 aromatic carbocycles. The summed E-state index contributed by atoms with van der Waals surface area (Å²) < 4.78 is 0. The Morgan fingerprint density at radius 2 is 1.08 bits per heavy atom. The van der Waals surface area contributed by atoms with Crippen LogP contribution in [0.1, 0.15) is 7.43 Å². The van der Waals surface area contributed by atoms with Gasteiger partial charge in [0.15, 0.2) is 0 Å². The van der Waals surface area contributed by atoms with Gasteiger partial charge < -0.3 is 10.2 Å². The molecule has 2 N–H and O–H groups in total. The van der Waals surface area contributed by atoms with Crippen LogP contribution >= 0.6 is 0 Å². The van der Waals surface area contributed by atoms with E-state index in [2.05, 4.69) is 24.3 Å². The minimum Gasteiger partial charge on any atom is -0.508 e. The third kappa shape index (κ3) is 3.07. The second-order valence-corrected chi connectivity index (χ2v) is 5.80. The van der Waals surface area contributed by atoms with Crippen molar-refractivity contribution in [1.29, 1.82) is 0 Å². The van der Waals surface area contributed by atoms with E-state index in [-0.39, 0.29) is 18.9 Å². The predicted octanol–water partition coefficient (Wildman–Crippen LogP) is 6.22. The molecule has 25 heavy (non-hydrogen) atoms. The summed E-state index contributed by atoms with van der Waals surface area (Å²) in [6, 6.07) is 27.0. The average molecular weight is 328 g/mol. The van der Waals surface area contributed by atoms with Crippen molar-refractivity contribution in [3.8, 4) is 33.8 Å². The van der Waals surface area contributed by atoms with Crippen molar-refractivity contribution in [2.75, 3.05) is 0 Å². The highest BCUT2D eigenvalue weighted by molar-refractivity contribution is 6.04. The lowest BCUT2D eigenvalue weighted by Gasteiger charge is -2.14. The average Bonchev–Trinajstić information content (AvgIpc) is 2.62. The van der Waals surface area contributed by atoms with E-state index in [1.165, 1.54) is 5.39 Å². The van der Waals surface area contributed by atoms with E-state index in [0.717, 1.165) is 27.6 Å². The van der Waals surface area contributed by atoms with Crippen LogP contribution in [-0.4, -0.2) is 10.2 Å². The van der Waals surface area contributed by atoms with Crippen LogP contribution in [0.4, 0.5) is 0 Å². The van der Waals surface area contributed by atoms with Gasteiger partial charge in [0.1, 0.15) is 11.5 Å². The van der Waals surface area contributed by atoms with Crippen LogP contribution in [-0.2, 0) is 0 Å². The van der Waals surface area contributed by atoms with Crippen LogP contribution in [0.15, 0.2) is 84.9 Å². The smallest absolute Gasteiger partial charge is 0.115 e. The van der Waals surface area contributed by atoms with E-state index in [9.17, 15) is 10.2 Å². The maximum absolute atomic E-state index is 9.61. The van der Waals surface area contributed by atoms with E-state index in [1.54, 1.807) is 24.3 Å². The predicted molar refractivity (Wildman–Crippen MR) is 105 cm³/mol. The molecule has 2 heteroatoms. The highest BCUT2D eigenvalue weighted by Crippen LogP contribution is 2.38. The lowest BCUT2D eigenvalue weighted by atomic mass is 9.90. The van der Waals surface area contributed by atoms with Gasteiger partial charge in [-0.05, 0) is 57.3 Å². The molecule has 0 amide bonds. The number of phenolic OH excluding ortho intramolecular Hbond substituents is 2. The molecule has 4 rings (SSSR count). The Kier molecular flexibility index (Phi) is 4.44. The van der Waals surface area contributed by atoms with Crippen LogP contribution in [0.5, 0.6) is 11.5 Å². The Bertz CT molecular complexity index is 1000. The summed E-state index contributed by atoms with van der Waals surface area (Å²) in [5.74, 6) is 0.510. The first kappa shape index (κ1) is 16.6. The number of hydrogen-bond acceptors (Lipinski definition) is 2. The van der Waals surface area contributed by atoms with Crippen molar-refractivity contribution in [3.63, 3.8) is 0 Å². The summed E-state index contributed by atoms with van der Waals surface area (Å²) in [7, 11) is 0. The maximum atomic E-state index is 9.61. The van der Waals surface area contributed by atoms with Crippen molar-refractivity contribution in [2.24, 2.45) is 0 Å². The Labute approximate surface area is 147 Å². The molecule has 4 aromatic rings. The summed E-state index contributed by atoms with van der Waals surface area (Å²) in [4.78, 5) is 0. The number of benzene rings is 4. The molecule has 0 bridgehead atoms. The standard InChI is InChI=1S/C22H16O2.CH4/c23-18-10-5-16(6-11-18)21-14-9-15-3-1-2-4-20(15)22(21)17-7-12-19(24)13-8-17;/h1-14,23-24H;1H4. The second kappa shape index (κ2) is 6.70. The Morgan fingerprint density at radius 3 is 1.72 bits per heavy atom. The van der Waals surface area contributed by atoms with Crippen molar-refractivity contribution in [2.45, 2.75) is 7.43 Å². The van der Waals surface area contributed by atoms with Gasteiger partial charge in [-0.3, -0.25) is 0 Å². The van der Waals surface area contributed by atoms with Crippen LogP contribution in [0.2, 0.25) is 0 Å². The highest BCUT2D eigenvalue weighted by atomic mass is 16.3. The first-order chi connectivity index (χ1) is 11.7. The lowest BCUT2D eigenvalue weighted by Crippen LogP contribution is -1.88. The number of phenols is 2. The zero-order valence-electron chi connectivity index (χ0n) is 13.0. The molecule has 0 radical (unpaired) electrons. The molecule has 0 aromatic heterocycles. The Hall–Kier alpha value is -3.26. The van der Waals surface area contributed by atoms with Gasteiger partial charge in [-0.2, -0.15) is 0 Å². The summed E-state index contributed by atoms with van der Waals surface area (Å²) in [6.45, 7) is 0. The maximum Gasteiger partial charge on any atom is 0.115 e. The molecule has 0 aliphatic rings. The number of aromatic hydroxyl groups is 2. The van der Waals surface area contributed by atoms with Crippen molar-refractivity contribution in [3.05, 3.63) is 84.9 Å². The molecule has 0 aliphatic heterocycles. The number of fused-ring (bicyclic) bond motifs is 1. The molecule has 0 heterocycles. The van der Waals surface area contributed by atoms with Crippen LogP contribution in [0.3, 0.4) is 0 Å². The van der Waals surface area contributed by atoms with E-state index >= 15 is 0 Å².